The first-order valence-electron chi connectivity index (χ1n) is 13.4. The molecule has 3 atom stereocenters. The van der Waals surface area contributed by atoms with Crippen molar-refractivity contribution in [1.29, 1.82) is 0 Å². The van der Waals surface area contributed by atoms with Crippen LogP contribution in [0, 0.1) is 0 Å². The van der Waals surface area contributed by atoms with E-state index in [-0.39, 0.29) is 6.04 Å². The smallest absolute Gasteiger partial charge is 0.143 e. The Morgan fingerprint density at radius 3 is 1.84 bits per heavy atom. The lowest BCUT2D eigenvalue weighted by Crippen LogP contribution is -2.67. The van der Waals surface area contributed by atoms with Gasteiger partial charge in [0.2, 0.25) is 0 Å². The fourth-order valence-corrected chi connectivity index (χ4v) is 6.49. The fraction of sp³-hybridized carbons (Fsp3) is 0.235. The van der Waals surface area contributed by atoms with Crippen LogP contribution in [0.25, 0.3) is 0 Å². The second-order valence-electron chi connectivity index (χ2n) is 10.1. The summed E-state index contributed by atoms with van der Waals surface area (Å²) in [6.45, 7) is 3.46. The predicted molar refractivity (Wildman–Crippen MR) is 158 cm³/mol. The van der Waals surface area contributed by atoms with Gasteiger partial charge in [-0.15, -0.1) is 0 Å². The molecule has 0 saturated carbocycles. The first-order chi connectivity index (χ1) is 18.8. The zero-order valence-electron chi connectivity index (χ0n) is 21.4. The maximum atomic E-state index is 7.29. The number of ether oxygens (including phenoxy) is 1. The Morgan fingerprint density at radius 2 is 1.29 bits per heavy atom. The molecule has 1 saturated heterocycles. The molecule has 2 aliphatic heterocycles. The van der Waals surface area contributed by atoms with Crippen LogP contribution >= 0.6 is 15.9 Å². The highest BCUT2D eigenvalue weighted by Gasteiger charge is 2.50. The van der Waals surface area contributed by atoms with Crippen LogP contribution in [0.1, 0.15) is 28.2 Å². The number of nitrogens with zero attached hydrogens (tertiary/aromatic N) is 1. The number of hydrogen-bond donors (Lipinski definition) is 1. The minimum absolute atomic E-state index is 0.265. The normalized spacial score (nSPS) is 21.7. The average Bonchev–Trinajstić information content (AvgIpc) is 2.96. The average molecular weight is 566 g/mol. The Labute approximate surface area is 234 Å². The molecule has 6 rings (SSSR count). The van der Waals surface area contributed by atoms with E-state index in [1.807, 2.05) is 0 Å². The third-order valence-corrected chi connectivity index (χ3v) is 8.57. The molecule has 1 N–H and O–H groups in total. The van der Waals surface area contributed by atoms with Crippen molar-refractivity contribution in [2.45, 2.75) is 23.6 Å². The third kappa shape index (κ3) is 4.78. The van der Waals surface area contributed by atoms with Crippen molar-refractivity contribution < 1.29 is 4.74 Å². The molecule has 0 aliphatic carbocycles. The van der Waals surface area contributed by atoms with Crippen LogP contribution in [-0.2, 0) is 10.3 Å². The maximum absolute atomic E-state index is 7.29. The molecule has 0 amide bonds. The number of benzene rings is 4. The van der Waals surface area contributed by atoms with Crippen molar-refractivity contribution in [1.82, 2.24) is 10.2 Å². The van der Waals surface area contributed by atoms with Gasteiger partial charge in [-0.3, -0.25) is 4.90 Å². The highest BCUT2D eigenvalue weighted by atomic mass is 79.9. The van der Waals surface area contributed by atoms with E-state index in [9.17, 15) is 0 Å². The molecule has 192 valence electrons. The third-order valence-electron chi connectivity index (χ3n) is 8.05. The van der Waals surface area contributed by atoms with E-state index >= 15 is 0 Å². The highest BCUT2D eigenvalue weighted by molar-refractivity contribution is 9.10. The summed E-state index contributed by atoms with van der Waals surface area (Å²) in [4.78, 5) is 2.61. The number of halogens is 1. The van der Waals surface area contributed by atoms with Gasteiger partial charge in [0.1, 0.15) is 5.60 Å². The summed E-state index contributed by atoms with van der Waals surface area (Å²) in [5, 5.41) is 3.62. The van der Waals surface area contributed by atoms with Crippen LogP contribution in [-0.4, -0.2) is 43.2 Å². The molecule has 1 fully saturated rings. The van der Waals surface area contributed by atoms with Crippen LogP contribution in [0.2, 0.25) is 0 Å². The molecule has 4 aromatic carbocycles. The summed E-state index contributed by atoms with van der Waals surface area (Å²) in [6, 6.07) is 41.6. The van der Waals surface area contributed by atoms with E-state index in [0.29, 0.717) is 18.6 Å². The van der Waals surface area contributed by atoms with E-state index < -0.39 is 5.60 Å². The molecule has 0 spiro atoms. The lowest BCUT2D eigenvalue weighted by atomic mass is 9.74. The number of rotatable bonds is 7. The molecule has 3 unspecified atom stereocenters. The van der Waals surface area contributed by atoms with Crippen molar-refractivity contribution in [2.24, 2.45) is 0 Å². The first kappa shape index (κ1) is 25.3. The zero-order chi connectivity index (χ0) is 25.8. The van der Waals surface area contributed by atoms with Crippen LogP contribution in [0.5, 0.6) is 0 Å². The number of fused-ring (bicyclic) bond motifs is 1. The van der Waals surface area contributed by atoms with E-state index in [1.165, 1.54) is 5.56 Å². The number of hydrogen-bond acceptors (Lipinski definition) is 3. The van der Waals surface area contributed by atoms with Gasteiger partial charge in [-0.25, -0.2) is 0 Å². The van der Waals surface area contributed by atoms with Gasteiger partial charge in [0, 0.05) is 42.1 Å². The SMILES string of the molecule is Brc1ccc(C2C3CNCC=CCN3C2COC(c2ccccc2)(c2ccccc2)c2ccccc2)cc1. The summed E-state index contributed by atoms with van der Waals surface area (Å²) in [5.41, 5.74) is 4.09. The van der Waals surface area contributed by atoms with Gasteiger partial charge in [-0.1, -0.05) is 131 Å². The molecule has 0 aromatic heterocycles. The molecular formula is C34H33BrN2O. The Morgan fingerprint density at radius 1 is 0.737 bits per heavy atom. The molecular weight excluding hydrogens is 532 g/mol. The Balaban J connectivity index is 1.42. The lowest BCUT2D eigenvalue weighted by Gasteiger charge is -2.56. The van der Waals surface area contributed by atoms with Gasteiger partial charge < -0.3 is 10.1 Å². The zero-order valence-corrected chi connectivity index (χ0v) is 23.0. The fourth-order valence-electron chi connectivity index (χ4n) is 6.23. The standard InChI is InChI=1S/C34H33BrN2O/c35-30-20-18-26(19-21-30)33-31-24-36-22-10-11-23-37(31)32(33)25-38-34(27-12-4-1-5-13-27,28-14-6-2-7-15-28)29-16-8-3-9-17-29/h1-21,31-33,36H,22-25H2. The second-order valence-corrected chi connectivity index (χ2v) is 11.0. The van der Waals surface area contributed by atoms with Crippen LogP contribution < -0.4 is 5.32 Å². The molecule has 4 aromatic rings. The molecule has 0 radical (unpaired) electrons. The van der Waals surface area contributed by atoms with Gasteiger partial charge in [0.25, 0.3) is 0 Å². The van der Waals surface area contributed by atoms with Gasteiger partial charge in [0.05, 0.1) is 6.61 Å². The van der Waals surface area contributed by atoms with Crippen LogP contribution in [0.4, 0.5) is 0 Å². The Bertz CT molecular complexity index is 1250. The van der Waals surface area contributed by atoms with Crippen molar-refractivity contribution in [3.63, 3.8) is 0 Å². The van der Waals surface area contributed by atoms with Crippen LogP contribution in [0.3, 0.4) is 0 Å². The van der Waals surface area contributed by atoms with Crippen molar-refractivity contribution in [3.8, 4) is 0 Å². The lowest BCUT2D eigenvalue weighted by molar-refractivity contribution is -0.0884. The highest BCUT2D eigenvalue weighted by Crippen LogP contribution is 2.45. The Kier molecular flexibility index (Phi) is 7.57. The molecule has 4 heteroatoms. The summed E-state index contributed by atoms with van der Waals surface area (Å²) in [7, 11) is 0. The van der Waals surface area contributed by atoms with Gasteiger partial charge in [0.15, 0.2) is 0 Å². The van der Waals surface area contributed by atoms with Gasteiger partial charge in [-0.2, -0.15) is 0 Å². The van der Waals surface area contributed by atoms with Gasteiger partial charge >= 0.3 is 0 Å². The van der Waals surface area contributed by atoms with Gasteiger partial charge in [-0.05, 0) is 34.4 Å². The minimum atomic E-state index is -0.712. The van der Waals surface area contributed by atoms with Crippen molar-refractivity contribution >= 4 is 15.9 Å². The largest absolute Gasteiger partial charge is 0.359 e. The van der Waals surface area contributed by atoms with E-state index in [2.05, 4.69) is 154 Å². The minimum Gasteiger partial charge on any atom is -0.359 e. The van der Waals surface area contributed by atoms with E-state index in [0.717, 1.165) is 40.8 Å². The Hall–Kier alpha value is -3.02. The molecule has 2 aliphatic rings. The quantitative estimate of drug-likeness (QED) is 0.198. The molecule has 3 nitrogen and oxygen atoms in total. The molecule has 38 heavy (non-hydrogen) atoms. The first-order valence-corrected chi connectivity index (χ1v) is 14.2. The van der Waals surface area contributed by atoms with Crippen molar-refractivity contribution in [2.75, 3.05) is 26.2 Å². The van der Waals surface area contributed by atoms with E-state index in [4.69, 9.17) is 4.74 Å². The van der Waals surface area contributed by atoms with E-state index in [1.54, 1.807) is 0 Å². The summed E-state index contributed by atoms with van der Waals surface area (Å²) in [6.07, 6.45) is 4.53. The molecule has 0 bridgehead atoms. The second kappa shape index (κ2) is 11.4. The topological polar surface area (TPSA) is 24.5 Å². The summed E-state index contributed by atoms with van der Waals surface area (Å²) >= 11 is 3.62. The van der Waals surface area contributed by atoms with Crippen LogP contribution in [0.15, 0.2) is 132 Å². The molecule has 2 heterocycles. The predicted octanol–water partition coefficient (Wildman–Crippen LogP) is 6.75. The number of nitrogens with one attached hydrogen (secondary N) is 1. The summed E-state index contributed by atoms with van der Waals surface area (Å²) < 4.78 is 8.40. The summed E-state index contributed by atoms with van der Waals surface area (Å²) in [5.74, 6) is 0.391. The maximum Gasteiger partial charge on any atom is 0.143 e. The monoisotopic (exact) mass is 564 g/mol. The van der Waals surface area contributed by atoms with Crippen molar-refractivity contribution in [3.05, 3.63) is 154 Å².